The first kappa shape index (κ1) is 16.4. The molecule has 0 aliphatic carbocycles. The average Bonchev–Trinajstić information content (AvgIpc) is 2.59. The van der Waals surface area contributed by atoms with Crippen LogP contribution < -0.4 is 11.3 Å². The molecule has 6 heteroatoms. The van der Waals surface area contributed by atoms with Crippen LogP contribution in [0.3, 0.4) is 0 Å². The molecule has 0 saturated heterocycles. The van der Waals surface area contributed by atoms with Crippen molar-refractivity contribution in [1.82, 2.24) is 15.2 Å². The maximum atomic E-state index is 6.27. The topological polar surface area (TPSA) is 65.1 Å². The highest BCUT2D eigenvalue weighted by atomic mass is 35.5. The predicted molar refractivity (Wildman–Crippen MR) is 78.0 cm³/mol. The monoisotopic (exact) mass is 288 g/mol. The molecule has 2 atom stereocenters. The summed E-state index contributed by atoms with van der Waals surface area (Å²) >= 11 is 6.27. The molecule has 110 valence electrons. The summed E-state index contributed by atoms with van der Waals surface area (Å²) in [6.07, 6.45) is 0.753. The molecule has 0 aliphatic rings. The molecule has 1 aromatic rings. The minimum atomic E-state index is 0.0142. The van der Waals surface area contributed by atoms with Gasteiger partial charge in [0.2, 0.25) is 0 Å². The number of halogens is 1. The van der Waals surface area contributed by atoms with Crippen LogP contribution in [0.1, 0.15) is 32.0 Å². The average molecular weight is 289 g/mol. The van der Waals surface area contributed by atoms with E-state index in [0.29, 0.717) is 24.1 Å². The van der Waals surface area contributed by atoms with Crippen molar-refractivity contribution in [1.29, 1.82) is 0 Å². The van der Waals surface area contributed by atoms with Crippen LogP contribution in [-0.2, 0) is 18.2 Å². The molecule has 5 nitrogen and oxygen atoms in total. The fourth-order valence-electron chi connectivity index (χ4n) is 2.36. The first-order valence-electron chi connectivity index (χ1n) is 6.68. The second-order valence-corrected chi connectivity index (χ2v) is 5.48. The van der Waals surface area contributed by atoms with Crippen LogP contribution in [-0.4, -0.2) is 28.5 Å². The number of ether oxygens (including phenoxy) is 1. The van der Waals surface area contributed by atoms with Gasteiger partial charge in [-0.3, -0.25) is 16.0 Å². The van der Waals surface area contributed by atoms with Crippen molar-refractivity contribution in [3.63, 3.8) is 0 Å². The molecule has 1 heterocycles. The molecule has 0 fully saturated rings. The molecule has 0 bridgehead atoms. The van der Waals surface area contributed by atoms with Crippen LogP contribution in [0.2, 0.25) is 5.15 Å². The van der Waals surface area contributed by atoms with Crippen LogP contribution in [0.15, 0.2) is 0 Å². The van der Waals surface area contributed by atoms with Crippen molar-refractivity contribution < 1.29 is 4.74 Å². The number of nitrogens with one attached hydrogen (secondary N) is 1. The third-order valence-electron chi connectivity index (χ3n) is 3.32. The summed E-state index contributed by atoms with van der Waals surface area (Å²) in [5.74, 6) is 6.07. The number of nitrogens with two attached hydrogens (primary N) is 1. The Morgan fingerprint density at radius 2 is 2.11 bits per heavy atom. The van der Waals surface area contributed by atoms with E-state index in [4.69, 9.17) is 22.2 Å². The number of nitrogens with zero attached hydrogens (tertiary/aromatic N) is 2. The smallest absolute Gasteiger partial charge is 0.130 e. The molecule has 0 saturated carbocycles. The Kier molecular flexibility index (Phi) is 6.26. The quantitative estimate of drug-likeness (QED) is 0.593. The highest BCUT2D eigenvalue weighted by Crippen LogP contribution is 2.23. The van der Waals surface area contributed by atoms with Crippen molar-refractivity contribution in [2.45, 2.75) is 46.3 Å². The van der Waals surface area contributed by atoms with Crippen molar-refractivity contribution in [3.8, 4) is 0 Å². The highest BCUT2D eigenvalue weighted by molar-refractivity contribution is 6.30. The van der Waals surface area contributed by atoms with Gasteiger partial charge in [-0.25, -0.2) is 0 Å². The molecular weight excluding hydrogens is 264 g/mol. The van der Waals surface area contributed by atoms with E-state index in [1.807, 2.05) is 20.9 Å². The van der Waals surface area contributed by atoms with Crippen LogP contribution >= 0.6 is 11.6 Å². The fraction of sp³-hybridized carbons (Fsp3) is 0.769. The number of hydrogen-bond donors (Lipinski definition) is 2. The lowest BCUT2D eigenvalue weighted by Gasteiger charge is -2.29. The normalized spacial score (nSPS) is 14.9. The Bertz CT molecular complexity index is 406. The van der Waals surface area contributed by atoms with Crippen molar-refractivity contribution in [2.75, 3.05) is 6.61 Å². The third kappa shape index (κ3) is 3.92. The van der Waals surface area contributed by atoms with Gasteiger partial charge < -0.3 is 4.74 Å². The summed E-state index contributed by atoms with van der Waals surface area (Å²) in [6, 6.07) is 0.0142. The van der Waals surface area contributed by atoms with E-state index in [1.165, 1.54) is 0 Å². The summed E-state index contributed by atoms with van der Waals surface area (Å²) in [5, 5.41) is 4.99. The number of aryl methyl sites for hydroxylation is 2. The molecule has 0 radical (unpaired) electrons. The Balaban J connectivity index is 2.91. The zero-order valence-electron chi connectivity index (χ0n) is 12.4. The largest absolute Gasteiger partial charge is 0.377 e. The van der Waals surface area contributed by atoms with Gasteiger partial charge in [0, 0.05) is 19.2 Å². The van der Waals surface area contributed by atoms with E-state index < -0.39 is 0 Å². The van der Waals surface area contributed by atoms with Gasteiger partial charge in [-0.2, -0.15) is 5.10 Å². The van der Waals surface area contributed by atoms with Gasteiger partial charge in [0.15, 0.2) is 0 Å². The summed E-state index contributed by atoms with van der Waals surface area (Å²) in [7, 11) is 1.84. The molecule has 0 aromatic carbocycles. The van der Waals surface area contributed by atoms with E-state index in [0.717, 1.165) is 11.3 Å². The second-order valence-electron chi connectivity index (χ2n) is 5.12. The molecular formula is C13H25ClN4O. The molecule has 1 aromatic heterocycles. The molecule has 19 heavy (non-hydrogen) atoms. The lowest BCUT2D eigenvalue weighted by molar-refractivity contribution is 0.00353. The predicted octanol–water partition coefficient (Wildman–Crippen LogP) is 1.82. The maximum Gasteiger partial charge on any atom is 0.130 e. The molecule has 0 spiro atoms. The first-order chi connectivity index (χ1) is 8.92. The van der Waals surface area contributed by atoms with Gasteiger partial charge in [0.25, 0.3) is 0 Å². The van der Waals surface area contributed by atoms with Crippen LogP contribution in [0.25, 0.3) is 0 Å². The van der Waals surface area contributed by atoms with Crippen molar-refractivity contribution in [2.24, 2.45) is 18.8 Å². The summed E-state index contributed by atoms with van der Waals surface area (Å²) in [5.41, 5.74) is 4.82. The van der Waals surface area contributed by atoms with E-state index in [2.05, 4.69) is 24.4 Å². The lowest BCUT2D eigenvalue weighted by Crippen LogP contribution is -2.49. The lowest BCUT2D eigenvalue weighted by atomic mass is 9.94. The summed E-state index contributed by atoms with van der Waals surface area (Å²) in [6.45, 7) is 8.87. The van der Waals surface area contributed by atoms with Crippen molar-refractivity contribution >= 4 is 11.6 Å². The Labute approximate surface area is 120 Å². The molecule has 0 aliphatic heterocycles. The minimum Gasteiger partial charge on any atom is -0.377 e. The SMILES string of the molecule is CCOC(C(C)C)C(Cc1c(C)nn(C)c1Cl)NN. The number of hydrogen-bond acceptors (Lipinski definition) is 4. The first-order valence-corrected chi connectivity index (χ1v) is 7.05. The molecule has 2 unspecified atom stereocenters. The Hall–Kier alpha value is -0.620. The van der Waals surface area contributed by atoms with Crippen LogP contribution in [0.4, 0.5) is 0 Å². The van der Waals surface area contributed by atoms with E-state index in [1.54, 1.807) is 4.68 Å². The third-order valence-corrected chi connectivity index (χ3v) is 3.79. The van der Waals surface area contributed by atoms with Gasteiger partial charge >= 0.3 is 0 Å². The zero-order chi connectivity index (χ0) is 14.6. The van der Waals surface area contributed by atoms with Gasteiger partial charge in [-0.05, 0) is 26.2 Å². The van der Waals surface area contributed by atoms with Gasteiger partial charge in [0.1, 0.15) is 5.15 Å². The summed E-state index contributed by atoms with van der Waals surface area (Å²) in [4.78, 5) is 0. The number of hydrazine groups is 1. The highest BCUT2D eigenvalue weighted by Gasteiger charge is 2.26. The van der Waals surface area contributed by atoms with Gasteiger partial charge in [-0.15, -0.1) is 0 Å². The van der Waals surface area contributed by atoms with Gasteiger partial charge in [-0.1, -0.05) is 25.4 Å². The van der Waals surface area contributed by atoms with Gasteiger partial charge in [0.05, 0.1) is 17.8 Å². The van der Waals surface area contributed by atoms with Crippen LogP contribution in [0.5, 0.6) is 0 Å². The Morgan fingerprint density at radius 3 is 2.47 bits per heavy atom. The molecule has 1 rings (SSSR count). The van der Waals surface area contributed by atoms with Crippen molar-refractivity contribution in [3.05, 3.63) is 16.4 Å². The second kappa shape index (κ2) is 7.24. The summed E-state index contributed by atoms with van der Waals surface area (Å²) < 4.78 is 7.49. The van der Waals surface area contributed by atoms with E-state index >= 15 is 0 Å². The maximum absolute atomic E-state index is 6.27. The molecule has 0 amide bonds. The fourth-order valence-corrected chi connectivity index (χ4v) is 2.61. The number of aromatic nitrogens is 2. The van der Waals surface area contributed by atoms with E-state index in [-0.39, 0.29) is 12.1 Å². The standard InChI is InChI=1S/C13H25ClN4O/c1-6-19-12(8(2)3)11(16-15)7-10-9(4)17-18(5)13(10)14/h8,11-12,16H,6-7,15H2,1-5H3. The molecule has 3 N–H and O–H groups in total. The van der Waals surface area contributed by atoms with Crippen LogP contribution in [0, 0.1) is 12.8 Å². The minimum absolute atomic E-state index is 0.0142. The van der Waals surface area contributed by atoms with E-state index in [9.17, 15) is 0 Å². The Morgan fingerprint density at radius 1 is 1.47 bits per heavy atom. The number of rotatable bonds is 7. The zero-order valence-corrected chi connectivity index (χ0v) is 13.2.